The number of aromatic nitrogens is 1. The Morgan fingerprint density at radius 2 is 0.521 bits per heavy atom. The summed E-state index contributed by atoms with van der Waals surface area (Å²) in [5.41, 5.74) is 41.2. The van der Waals surface area contributed by atoms with Gasteiger partial charge in [0.25, 0.3) is 6.71 Å². The summed E-state index contributed by atoms with van der Waals surface area (Å²) >= 11 is 0. The average Bonchev–Trinajstić information content (AvgIpc) is 0.713. The van der Waals surface area contributed by atoms with Crippen molar-refractivity contribution >= 4 is 167 Å². The summed E-state index contributed by atoms with van der Waals surface area (Å²) in [6.07, 6.45) is 0. The van der Waals surface area contributed by atoms with Gasteiger partial charge in [-0.1, -0.05) is 347 Å². The highest BCUT2D eigenvalue weighted by Gasteiger charge is 2.48. The smallest absolute Gasteiger partial charge is 0.252 e. The largest absolute Gasteiger partial charge is 0.456 e. The molecular weight excluding hydrogens is 1730 g/mol. The van der Waals surface area contributed by atoms with Crippen LogP contribution >= 0.6 is 0 Å². The quantitative estimate of drug-likeness (QED) is 0.120. The minimum atomic E-state index is -0.472. The van der Waals surface area contributed by atoms with Gasteiger partial charge in [0.2, 0.25) is 0 Å². The summed E-state index contributed by atoms with van der Waals surface area (Å²) < 4.78 is 31.3. The van der Waals surface area contributed by atoms with Crippen LogP contribution in [-0.2, 0) is 27.1 Å². The first-order chi connectivity index (χ1) is 68.6. The lowest BCUT2D eigenvalue weighted by molar-refractivity contribution is 0.590. The molecule has 26 rings (SSSR count). The van der Waals surface area contributed by atoms with Crippen molar-refractivity contribution in [2.75, 3.05) is 9.80 Å². The maximum Gasteiger partial charge on any atom is 0.252 e. The summed E-state index contributed by atoms with van der Waals surface area (Å²) in [6, 6.07) is 145. The van der Waals surface area contributed by atoms with E-state index in [9.17, 15) is 0 Å². The Morgan fingerprint density at radius 1 is 0.197 bits per heavy atom. The van der Waals surface area contributed by atoms with Crippen molar-refractivity contribution in [2.45, 2.75) is 131 Å². The lowest BCUT2D eigenvalue weighted by atomic mass is 9.33. The summed E-state index contributed by atoms with van der Waals surface area (Å²) in [5.74, 6) is 0. The van der Waals surface area contributed by atoms with E-state index in [0.717, 1.165) is 244 Å². The van der Waals surface area contributed by atoms with E-state index >= 15 is 0 Å². The minimum absolute atomic E-state index is 0.160. The highest BCUT2D eigenvalue weighted by Crippen LogP contribution is 2.60. The van der Waals surface area contributed by atoms with Crippen molar-refractivity contribution in [1.29, 1.82) is 0 Å². The maximum absolute atomic E-state index is 7.20. The predicted molar refractivity (Wildman–Crippen MR) is 601 cm³/mol. The van der Waals surface area contributed by atoms with E-state index in [0.29, 0.717) is 0 Å². The first kappa shape index (κ1) is 86.2. The van der Waals surface area contributed by atoms with Crippen LogP contribution < -0.4 is 26.2 Å². The van der Waals surface area contributed by atoms with Gasteiger partial charge in [-0.05, 0) is 278 Å². The molecule has 0 bridgehead atoms. The van der Waals surface area contributed by atoms with Crippen LogP contribution in [0.1, 0.15) is 132 Å². The number of hydrogen-bond donors (Lipinski definition) is 0. The lowest BCUT2D eigenvalue weighted by Crippen LogP contribution is -2.61. The maximum atomic E-state index is 7.20. The third kappa shape index (κ3) is 13.8. The van der Waals surface area contributed by atoms with Gasteiger partial charge in [0.05, 0.1) is 28.1 Å². The van der Waals surface area contributed by atoms with Crippen LogP contribution in [0.2, 0.25) is 0 Å². The molecule has 0 amide bonds. The van der Waals surface area contributed by atoms with Gasteiger partial charge in [0, 0.05) is 98.9 Å². The number of benzene rings is 19. The third-order valence-corrected chi connectivity index (χ3v) is 30.5. The number of rotatable bonds is 11. The molecule has 0 unspecified atom stereocenters. The van der Waals surface area contributed by atoms with Crippen LogP contribution in [0.3, 0.4) is 0 Å². The van der Waals surface area contributed by atoms with E-state index in [4.69, 9.17) is 17.7 Å². The highest BCUT2D eigenvalue weighted by atomic mass is 16.3. The van der Waals surface area contributed by atoms with Crippen LogP contribution in [0.15, 0.2) is 400 Å². The van der Waals surface area contributed by atoms with Crippen molar-refractivity contribution < 1.29 is 17.7 Å². The Morgan fingerprint density at radius 3 is 0.915 bits per heavy atom. The van der Waals surface area contributed by atoms with Crippen LogP contribution in [0.4, 0.5) is 34.1 Å². The third-order valence-electron chi connectivity index (χ3n) is 30.5. The molecule has 0 radical (unpaired) electrons. The molecule has 0 saturated heterocycles. The molecular formula is C134H108BN3O4. The van der Waals surface area contributed by atoms with Crippen molar-refractivity contribution in [3.8, 4) is 94.7 Å². The lowest BCUT2D eigenvalue weighted by Gasteiger charge is -2.46. The molecule has 19 aromatic carbocycles. The normalized spacial score (nSPS) is 13.1. The average molecular weight is 1840 g/mol. The highest BCUT2D eigenvalue weighted by molar-refractivity contribution is 7.00. The van der Waals surface area contributed by atoms with E-state index in [1.807, 2.05) is 0 Å². The molecule has 7 heterocycles. The van der Waals surface area contributed by atoms with Gasteiger partial charge in [0.15, 0.2) is 0 Å². The van der Waals surface area contributed by atoms with Gasteiger partial charge in [-0.25, -0.2) is 0 Å². The van der Waals surface area contributed by atoms with Crippen LogP contribution in [0, 0.1) is 0 Å². The first-order valence-electron chi connectivity index (χ1n) is 50.1. The van der Waals surface area contributed by atoms with Gasteiger partial charge in [0.1, 0.15) is 44.7 Å². The van der Waals surface area contributed by atoms with E-state index < -0.39 is 17.5 Å². The first-order valence-corrected chi connectivity index (χ1v) is 50.1. The molecule has 142 heavy (non-hydrogen) atoms. The van der Waals surface area contributed by atoms with Gasteiger partial charge in [-0.2, -0.15) is 0 Å². The summed E-state index contributed by atoms with van der Waals surface area (Å²) in [5, 5.41) is 10.7. The molecule has 2 aliphatic heterocycles. The standard InChI is InChI=1S/C134H108BN3O4/c1-130(2,3)87-40-30-39-81(68-87)82-58-62-111-108(69-82)135-107-61-57-83(86-66-84(79-35-18-16-19-36-79)65-85(67-86)80-37-20-17-21-38-80)70-112(107)138(129-105(95-47-33-55-121-125(95)99-43-24-28-51-117(99)141-121)75-91(134(13,14)15)76-106(129)96-48-34-56-122-126(96)100-44-25-29-52-118(100)142-122)114-78-92(136-109-63-59-88(131(4,5)6)71-101(109)102-72-89(132(7,8)9)60-64-110(102)136)77-113(127(114)135)137(111)128-103(93-45-31-53-119-123(93)97-41-22-26-49-115(97)139-119)73-90(133(10,11)12)74-104(128)94-46-32-54-120-124(94)98-42-23-27-50-116(98)140-120/h16-78H,1-15H3. The molecule has 0 N–H and O–H groups in total. The van der Waals surface area contributed by atoms with Crippen LogP contribution in [0.5, 0.6) is 0 Å². The molecule has 5 aromatic heterocycles. The topological polar surface area (TPSA) is 64.0 Å². The van der Waals surface area contributed by atoms with E-state index in [2.05, 4.69) is 500 Å². The number of fused-ring (bicyclic) bond motifs is 19. The zero-order valence-corrected chi connectivity index (χ0v) is 82.9. The van der Waals surface area contributed by atoms with E-state index in [1.165, 1.54) is 38.6 Å². The summed E-state index contributed by atoms with van der Waals surface area (Å²) in [4.78, 5) is 5.53. The number of anilines is 6. The van der Waals surface area contributed by atoms with Gasteiger partial charge < -0.3 is 32.0 Å². The van der Waals surface area contributed by atoms with Crippen molar-refractivity contribution in [3.63, 3.8) is 0 Å². The molecule has 0 fully saturated rings. The Bertz CT molecular complexity index is 9000. The monoisotopic (exact) mass is 1830 g/mol. The molecule has 0 spiro atoms. The molecule has 8 heteroatoms. The Balaban J connectivity index is 0.907. The molecule has 0 saturated carbocycles. The minimum Gasteiger partial charge on any atom is -0.456 e. The molecule has 686 valence electrons. The molecule has 7 nitrogen and oxygen atoms in total. The Kier molecular flexibility index (Phi) is 19.2. The van der Waals surface area contributed by atoms with Gasteiger partial charge in [-0.3, -0.25) is 0 Å². The molecule has 0 atom stereocenters. The number of para-hydroxylation sites is 4. The fraction of sp³-hybridized carbons (Fsp3) is 0.149. The Hall–Kier alpha value is -16.2. The second kappa shape index (κ2) is 31.7. The van der Waals surface area contributed by atoms with Crippen molar-refractivity contribution in [2.24, 2.45) is 0 Å². The molecule has 2 aliphatic rings. The van der Waals surface area contributed by atoms with Gasteiger partial charge >= 0.3 is 0 Å². The van der Waals surface area contributed by atoms with Gasteiger partial charge in [-0.15, -0.1) is 0 Å². The molecule has 0 aliphatic carbocycles. The van der Waals surface area contributed by atoms with E-state index in [-0.39, 0.29) is 16.2 Å². The van der Waals surface area contributed by atoms with Crippen molar-refractivity contribution in [1.82, 2.24) is 4.57 Å². The van der Waals surface area contributed by atoms with Crippen LogP contribution in [-0.4, -0.2) is 11.3 Å². The summed E-state index contributed by atoms with van der Waals surface area (Å²) in [6.45, 7) is 34.8. The SMILES string of the molecule is CC(C)(C)c1cccc(-c2ccc3c(c2)B2c4ccc(-c5cc(-c6ccccc6)cc(-c6ccccc6)c5)cc4N(c4c(-c5cccc6oc7ccccc7c56)cc(C(C)(C)C)cc4-c4cccc5oc6ccccc6c45)c4cc(-n5c6ccc(C(C)(C)C)cc6c6cc(C(C)(C)C)ccc65)cc(c42)N3c2c(-c3cccc4oc5ccccc5c34)cc(C(C)(C)C)cc2-c2cccc3oc4ccccc4c23)c1. The van der Waals surface area contributed by atoms with Crippen LogP contribution in [0.25, 0.3) is 204 Å². The number of nitrogens with zero attached hydrogens (tertiary/aromatic N) is 3. The van der Waals surface area contributed by atoms with E-state index in [1.54, 1.807) is 0 Å². The molecule has 24 aromatic rings. The fourth-order valence-electron chi connectivity index (χ4n) is 23.2. The second-order valence-corrected chi connectivity index (χ2v) is 44.7. The number of furan rings is 4. The second-order valence-electron chi connectivity index (χ2n) is 44.7. The fourth-order valence-corrected chi connectivity index (χ4v) is 23.2. The summed E-state index contributed by atoms with van der Waals surface area (Å²) in [7, 11) is 0. The number of hydrogen-bond acceptors (Lipinski definition) is 6. The zero-order chi connectivity index (χ0) is 96.6. The Labute approximate surface area is 828 Å². The van der Waals surface area contributed by atoms with Crippen molar-refractivity contribution in [3.05, 3.63) is 410 Å². The zero-order valence-electron chi connectivity index (χ0n) is 82.9. The predicted octanol–water partition coefficient (Wildman–Crippen LogP) is 36.3.